The second-order valence-electron chi connectivity index (χ2n) is 5.93. The third-order valence-electron chi connectivity index (χ3n) is 5.00. The highest BCUT2D eigenvalue weighted by Crippen LogP contribution is 2.34. The summed E-state index contributed by atoms with van der Waals surface area (Å²) in [5.74, 6) is 1.16. The number of hydrogen-bond donors (Lipinski definition) is 0. The summed E-state index contributed by atoms with van der Waals surface area (Å²) < 4.78 is 12.3. The van der Waals surface area contributed by atoms with Crippen molar-refractivity contribution in [3.05, 3.63) is 0 Å². The van der Waals surface area contributed by atoms with Crippen LogP contribution in [-0.4, -0.2) is 40.5 Å². The second-order valence-corrected chi connectivity index (χ2v) is 16.8. The molecule has 0 rings (SSSR count). The highest BCUT2D eigenvalue weighted by atomic mass is 32.2. The molecule has 0 spiro atoms. The number of rotatable bonds is 13. The first kappa shape index (κ1) is 21.7. The van der Waals surface area contributed by atoms with Gasteiger partial charge < -0.3 is 8.85 Å². The van der Waals surface area contributed by atoms with E-state index in [1.807, 2.05) is 0 Å². The molecule has 0 saturated heterocycles. The third-order valence-corrected chi connectivity index (χ3v) is 16.8. The summed E-state index contributed by atoms with van der Waals surface area (Å²) in [7, 11) is -3.09. The Labute approximate surface area is 140 Å². The maximum Gasteiger partial charge on any atom is 0.348 e. The van der Waals surface area contributed by atoms with Gasteiger partial charge in [-0.1, -0.05) is 51.9 Å². The molecule has 0 aliphatic carbocycles. The molecule has 0 aromatic carbocycles. The molecule has 128 valence electrons. The van der Waals surface area contributed by atoms with Crippen molar-refractivity contribution < 1.29 is 8.85 Å². The molecule has 0 heterocycles. The van der Waals surface area contributed by atoms with Gasteiger partial charge in [0.2, 0.25) is 0 Å². The van der Waals surface area contributed by atoms with Crippen LogP contribution in [0.2, 0.25) is 30.7 Å². The maximum absolute atomic E-state index is 6.16. The third kappa shape index (κ3) is 6.77. The van der Waals surface area contributed by atoms with Crippen LogP contribution in [0.3, 0.4) is 0 Å². The van der Waals surface area contributed by atoms with E-state index in [2.05, 4.69) is 59.9 Å². The Morgan fingerprint density at radius 2 is 1.33 bits per heavy atom. The van der Waals surface area contributed by atoms with Crippen molar-refractivity contribution in [3.63, 3.8) is 0 Å². The molecular weight excluding hydrogens is 312 g/mol. The van der Waals surface area contributed by atoms with Crippen molar-refractivity contribution in [2.45, 2.75) is 83.6 Å². The van der Waals surface area contributed by atoms with Crippen LogP contribution in [0.5, 0.6) is 0 Å². The van der Waals surface area contributed by atoms with E-state index < -0.39 is 16.6 Å². The smallest absolute Gasteiger partial charge is 0.348 e. The van der Waals surface area contributed by atoms with Gasteiger partial charge in [-0.15, -0.1) is 0 Å². The Balaban J connectivity index is 4.94. The largest absolute Gasteiger partial charge is 0.394 e. The summed E-state index contributed by atoms with van der Waals surface area (Å²) in [6.07, 6.45) is 1.29. The number of thioether (sulfide) groups is 1. The molecule has 0 aromatic heterocycles. The van der Waals surface area contributed by atoms with E-state index >= 15 is 0 Å². The molecule has 0 radical (unpaired) electrons. The monoisotopic (exact) mass is 350 g/mol. The summed E-state index contributed by atoms with van der Waals surface area (Å²) in [6.45, 7) is 17.5. The number of hydrogen-bond acceptors (Lipinski definition) is 3. The topological polar surface area (TPSA) is 18.5 Å². The lowest BCUT2D eigenvalue weighted by Crippen LogP contribution is -2.50. The molecule has 0 bridgehead atoms. The van der Waals surface area contributed by atoms with Gasteiger partial charge in [0.15, 0.2) is 0 Å². The Bertz CT molecular complexity index is 246. The van der Waals surface area contributed by atoms with E-state index in [4.69, 9.17) is 8.85 Å². The van der Waals surface area contributed by atoms with Gasteiger partial charge in [0.05, 0.1) is 8.07 Å². The van der Waals surface area contributed by atoms with Crippen LogP contribution in [0.25, 0.3) is 0 Å². The summed E-state index contributed by atoms with van der Waals surface area (Å²) in [5.41, 5.74) is 0. The van der Waals surface area contributed by atoms with Gasteiger partial charge >= 0.3 is 8.56 Å². The lowest BCUT2D eigenvalue weighted by molar-refractivity contribution is 0.187. The van der Waals surface area contributed by atoms with E-state index in [1.165, 1.54) is 30.6 Å². The maximum atomic E-state index is 6.16. The van der Waals surface area contributed by atoms with Gasteiger partial charge in [-0.3, -0.25) is 0 Å². The predicted octanol–water partition coefficient (Wildman–Crippen LogP) is 5.69. The first-order chi connectivity index (χ1) is 9.97. The fourth-order valence-electron chi connectivity index (χ4n) is 3.22. The molecular formula is C16H38O2SSi2. The molecule has 0 fully saturated rings. The summed E-state index contributed by atoms with van der Waals surface area (Å²) >= 11 is 2.07. The van der Waals surface area contributed by atoms with Crippen LogP contribution in [0.15, 0.2) is 0 Å². The Kier molecular flexibility index (Phi) is 11.6. The molecule has 0 aliphatic rings. The molecule has 0 aliphatic heterocycles. The molecule has 0 saturated carbocycles. The van der Waals surface area contributed by atoms with Crippen molar-refractivity contribution in [3.8, 4) is 0 Å². The van der Waals surface area contributed by atoms with Crippen molar-refractivity contribution in [2.75, 3.05) is 19.0 Å². The van der Waals surface area contributed by atoms with Crippen LogP contribution in [-0.2, 0) is 8.85 Å². The minimum Gasteiger partial charge on any atom is -0.394 e. The second kappa shape index (κ2) is 11.3. The van der Waals surface area contributed by atoms with Crippen molar-refractivity contribution in [1.29, 1.82) is 0 Å². The first-order valence-corrected chi connectivity index (χ1v) is 15.1. The average molecular weight is 351 g/mol. The van der Waals surface area contributed by atoms with Crippen molar-refractivity contribution >= 4 is 28.4 Å². The minimum atomic E-state index is -2.05. The van der Waals surface area contributed by atoms with E-state index in [9.17, 15) is 0 Å². The van der Waals surface area contributed by atoms with Crippen LogP contribution in [0, 0.1) is 0 Å². The quantitative estimate of drug-likeness (QED) is 0.397. The lowest BCUT2D eigenvalue weighted by Gasteiger charge is -2.36. The molecule has 5 heteroatoms. The van der Waals surface area contributed by atoms with E-state index in [0.29, 0.717) is 4.87 Å². The summed E-state index contributed by atoms with van der Waals surface area (Å²) in [5, 5.41) is 0. The van der Waals surface area contributed by atoms with Gasteiger partial charge in [-0.25, -0.2) is 0 Å². The lowest BCUT2D eigenvalue weighted by atomic mass is 10.6. The van der Waals surface area contributed by atoms with Crippen molar-refractivity contribution in [1.82, 2.24) is 0 Å². The Morgan fingerprint density at radius 3 is 1.67 bits per heavy atom. The van der Waals surface area contributed by atoms with Gasteiger partial charge in [0.1, 0.15) is 0 Å². The van der Waals surface area contributed by atoms with E-state index in [1.54, 1.807) is 0 Å². The molecule has 0 N–H and O–H groups in total. The molecule has 1 atom stereocenters. The SMILES string of the molecule is CCO[Si](C)(OCC)C(CC[Si](CC)(CC)CC)SCC. The summed E-state index contributed by atoms with van der Waals surface area (Å²) in [4.78, 5) is 0.582. The van der Waals surface area contributed by atoms with E-state index in [0.717, 1.165) is 19.0 Å². The van der Waals surface area contributed by atoms with Crippen LogP contribution in [0.4, 0.5) is 0 Å². The zero-order valence-corrected chi connectivity index (χ0v) is 18.3. The van der Waals surface area contributed by atoms with Crippen LogP contribution >= 0.6 is 11.8 Å². The highest BCUT2D eigenvalue weighted by Gasteiger charge is 2.42. The molecule has 1 unspecified atom stereocenters. The fraction of sp³-hybridized carbons (Fsp3) is 1.00. The molecule has 0 aromatic rings. The summed E-state index contributed by atoms with van der Waals surface area (Å²) in [6, 6.07) is 5.71. The van der Waals surface area contributed by atoms with Crippen LogP contribution in [0.1, 0.15) is 48.0 Å². The standard InChI is InChI=1S/C16H38O2SSi2/c1-8-17-20(7,18-9-2)16(19-10-3)14-15-21(11-4,12-5)13-6/h16H,8-15H2,1-7H3. The van der Waals surface area contributed by atoms with Gasteiger partial charge in [0, 0.05) is 18.1 Å². The van der Waals surface area contributed by atoms with Crippen molar-refractivity contribution in [2.24, 2.45) is 0 Å². The zero-order valence-electron chi connectivity index (χ0n) is 15.5. The van der Waals surface area contributed by atoms with Gasteiger partial charge in [-0.2, -0.15) is 11.8 Å². The van der Waals surface area contributed by atoms with E-state index in [-0.39, 0.29) is 0 Å². The first-order valence-electron chi connectivity index (χ1n) is 8.86. The molecule has 21 heavy (non-hydrogen) atoms. The zero-order chi connectivity index (χ0) is 16.4. The predicted molar refractivity (Wildman–Crippen MR) is 103 cm³/mol. The van der Waals surface area contributed by atoms with Crippen LogP contribution < -0.4 is 0 Å². The molecule has 0 amide bonds. The van der Waals surface area contributed by atoms with Gasteiger partial charge in [0.25, 0.3) is 0 Å². The highest BCUT2D eigenvalue weighted by molar-refractivity contribution is 8.01. The fourth-order valence-corrected chi connectivity index (χ4v) is 12.3. The Morgan fingerprint density at radius 1 is 0.857 bits per heavy atom. The minimum absolute atomic E-state index is 0.582. The average Bonchev–Trinajstić information content (AvgIpc) is 2.48. The Hall–Kier alpha value is 0.704. The normalized spacial score (nSPS) is 14.4. The van der Waals surface area contributed by atoms with Gasteiger partial charge in [-0.05, 0) is 32.6 Å². The molecule has 2 nitrogen and oxygen atoms in total.